The fourth-order valence-corrected chi connectivity index (χ4v) is 2.54. The van der Waals surface area contributed by atoms with Gasteiger partial charge in [-0.05, 0) is 37.0 Å². The molecule has 0 spiro atoms. The summed E-state index contributed by atoms with van der Waals surface area (Å²) >= 11 is 0. The Morgan fingerprint density at radius 1 is 1.14 bits per heavy atom. The average molecular weight is 302 g/mol. The van der Waals surface area contributed by atoms with Crippen LogP contribution < -0.4 is 5.32 Å². The minimum Gasteiger partial charge on any atom is -0.352 e. The van der Waals surface area contributed by atoms with Crippen molar-refractivity contribution in [1.82, 2.24) is 10.2 Å². The summed E-state index contributed by atoms with van der Waals surface area (Å²) in [6.07, 6.45) is 3.39. The molecule has 0 radical (unpaired) electrons. The molecule has 0 saturated carbocycles. The van der Waals surface area contributed by atoms with Crippen LogP contribution in [0.15, 0.2) is 24.3 Å². The molecule has 1 aliphatic rings. The van der Waals surface area contributed by atoms with Gasteiger partial charge in [-0.15, -0.1) is 0 Å². The summed E-state index contributed by atoms with van der Waals surface area (Å²) < 4.78 is 0. The van der Waals surface area contributed by atoms with Crippen molar-refractivity contribution in [3.8, 4) is 0 Å². The minimum absolute atomic E-state index is 0.0141. The van der Waals surface area contributed by atoms with E-state index >= 15 is 0 Å². The molecule has 0 unspecified atom stereocenters. The van der Waals surface area contributed by atoms with Gasteiger partial charge in [-0.25, -0.2) is 0 Å². The number of nitrogens with one attached hydrogen (secondary N) is 1. The molecule has 0 aromatic heterocycles. The molecule has 0 bridgehead atoms. The molecular formula is C18H26N2O2. The van der Waals surface area contributed by atoms with Gasteiger partial charge < -0.3 is 10.2 Å². The summed E-state index contributed by atoms with van der Waals surface area (Å²) in [6.45, 7) is 7.82. The molecule has 4 heteroatoms. The van der Waals surface area contributed by atoms with E-state index in [1.807, 2.05) is 49.9 Å². The van der Waals surface area contributed by atoms with Gasteiger partial charge in [-0.3, -0.25) is 9.59 Å². The summed E-state index contributed by atoms with van der Waals surface area (Å²) in [5.74, 6) is 0.115. The van der Waals surface area contributed by atoms with Gasteiger partial charge in [-0.2, -0.15) is 0 Å². The number of rotatable bonds is 3. The fraction of sp³-hybridized carbons (Fsp3) is 0.556. The lowest BCUT2D eigenvalue weighted by atomic mass is 9.95. The molecule has 1 aliphatic heterocycles. The van der Waals surface area contributed by atoms with E-state index in [2.05, 4.69) is 5.32 Å². The van der Waals surface area contributed by atoms with E-state index in [9.17, 15) is 9.59 Å². The standard InChI is InChI=1S/C18H26N2O2/c1-18(2,3)17(22)19-13-14-8-7-9-15(12-14)16(21)20-10-5-4-6-11-20/h7-9,12H,4-6,10-11,13H2,1-3H3,(H,19,22). The van der Waals surface area contributed by atoms with E-state index in [0.29, 0.717) is 12.1 Å². The molecule has 120 valence electrons. The predicted molar refractivity (Wildman–Crippen MR) is 87.5 cm³/mol. The number of carbonyl (C=O) groups excluding carboxylic acids is 2. The largest absolute Gasteiger partial charge is 0.352 e. The summed E-state index contributed by atoms with van der Waals surface area (Å²) in [5.41, 5.74) is 1.27. The van der Waals surface area contributed by atoms with Crippen LogP contribution in [0.2, 0.25) is 0 Å². The van der Waals surface area contributed by atoms with Gasteiger partial charge in [0.05, 0.1) is 0 Å². The van der Waals surface area contributed by atoms with Gasteiger partial charge >= 0.3 is 0 Å². The van der Waals surface area contributed by atoms with Crippen LogP contribution in [0.5, 0.6) is 0 Å². The third-order valence-electron chi connectivity index (χ3n) is 3.95. The van der Waals surface area contributed by atoms with Gasteiger partial charge in [0.15, 0.2) is 0 Å². The molecule has 0 aliphatic carbocycles. The maximum Gasteiger partial charge on any atom is 0.253 e. The quantitative estimate of drug-likeness (QED) is 0.933. The topological polar surface area (TPSA) is 49.4 Å². The van der Waals surface area contributed by atoms with Crippen molar-refractivity contribution in [1.29, 1.82) is 0 Å². The molecule has 1 saturated heterocycles. The number of piperidine rings is 1. The zero-order valence-corrected chi connectivity index (χ0v) is 13.8. The third-order valence-corrected chi connectivity index (χ3v) is 3.95. The smallest absolute Gasteiger partial charge is 0.253 e. The molecule has 2 amide bonds. The highest BCUT2D eigenvalue weighted by Crippen LogP contribution is 2.15. The summed E-state index contributed by atoms with van der Waals surface area (Å²) in [7, 11) is 0. The van der Waals surface area contributed by atoms with Gasteiger partial charge in [0.1, 0.15) is 0 Å². The predicted octanol–water partition coefficient (Wildman–Crippen LogP) is 2.98. The first kappa shape index (κ1) is 16.5. The first-order chi connectivity index (χ1) is 10.4. The van der Waals surface area contributed by atoms with Crippen molar-refractivity contribution < 1.29 is 9.59 Å². The maximum absolute atomic E-state index is 12.5. The number of amides is 2. The van der Waals surface area contributed by atoms with E-state index in [1.165, 1.54) is 6.42 Å². The van der Waals surface area contributed by atoms with E-state index in [-0.39, 0.29) is 11.8 Å². The first-order valence-corrected chi connectivity index (χ1v) is 8.04. The number of nitrogens with zero attached hydrogens (tertiary/aromatic N) is 1. The van der Waals surface area contributed by atoms with Crippen LogP contribution in [0.3, 0.4) is 0 Å². The van der Waals surface area contributed by atoms with Crippen LogP contribution in [0.4, 0.5) is 0 Å². The van der Waals surface area contributed by atoms with Crippen LogP contribution in [0, 0.1) is 5.41 Å². The van der Waals surface area contributed by atoms with Crippen LogP contribution >= 0.6 is 0 Å². The molecule has 1 N–H and O–H groups in total. The fourth-order valence-electron chi connectivity index (χ4n) is 2.54. The molecular weight excluding hydrogens is 276 g/mol. The number of hydrogen-bond donors (Lipinski definition) is 1. The second kappa shape index (κ2) is 6.95. The molecule has 4 nitrogen and oxygen atoms in total. The van der Waals surface area contributed by atoms with Crippen LogP contribution in [0.25, 0.3) is 0 Å². The van der Waals surface area contributed by atoms with E-state index in [4.69, 9.17) is 0 Å². The zero-order chi connectivity index (χ0) is 16.2. The molecule has 1 aromatic carbocycles. The highest BCUT2D eigenvalue weighted by Gasteiger charge is 2.21. The van der Waals surface area contributed by atoms with E-state index in [1.54, 1.807) is 0 Å². The van der Waals surface area contributed by atoms with Gasteiger partial charge in [0.25, 0.3) is 5.91 Å². The molecule has 2 rings (SSSR count). The van der Waals surface area contributed by atoms with Crippen LogP contribution in [-0.4, -0.2) is 29.8 Å². The van der Waals surface area contributed by atoms with E-state index in [0.717, 1.165) is 31.5 Å². The van der Waals surface area contributed by atoms with Gasteiger partial charge in [0.2, 0.25) is 5.91 Å². The molecule has 0 atom stereocenters. The summed E-state index contributed by atoms with van der Waals surface area (Å²) in [4.78, 5) is 26.3. The van der Waals surface area contributed by atoms with Gasteiger partial charge in [0, 0.05) is 30.6 Å². The Balaban J connectivity index is 2.00. The second-order valence-corrected chi connectivity index (χ2v) is 6.99. The lowest BCUT2D eigenvalue weighted by Crippen LogP contribution is -2.36. The number of carbonyl (C=O) groups is 2. The molecule has 22 heavy (non-hydrogen) atoms. The molecule has 1 aromatic rings. The lowest BCUT2D eigenvalue weighted by molar-refractivity contribution is -0.128. The van der Waals surface area contributed by atoms with Crippen LogP contribution in [0.1, 0.15) is 56.0 Å². The van der Waals surface area contributed by atoms with Crippen molar-refractivity contribution in [2.45, 2.75) is 46.6 Å². The molecule has 1 fully saturated rings. The highest BCUT2D eigenvalue weighted by atomic mass is 16.2. The third kappa shape index (κ3) is 4.33. The Kier molecular flexibility index (Phi) is 5.22. The second-order valence-electron chi connectivity index (χ2n) is 6.99. The highest BCUT2D eigenvalue weighted by molar-refractivity contribution is 5.94. The van der Waals surface area contributed by atoms with Crippen LogP contribution in [-0.2, 0) is 11.3 Å². The van der Waals surface area contributed by atoms with E-state index < -0.39 is 5.41 Å². The van der Waals surface area contributed by atoms with Crippen molar-refractivity contribution in [3.63, 3.8) is 0 Å². The normalized spacial score (nSPS) is 15.5. The average Bonchev–Trinajstić information content (AvgIpc) is 2.52. The first-order valence-electron chi connectivity index (χ1n) is 8.04. The lowest BCUT2D eigenvalue weighted by Gasteiger charge is -2.26. The Labute approximate surface area is 132 Å². The maximum atomic E-state index is 12.5. The van der Waals surface area contributed by atoms with Crippen molar-refractivity contribution >= 4 is 11.8 Å². The van der Waals surface area contributed by atoms with Gasteiger partial charge in [-0.1, -0.05) is 32.9 Å². The summed E-state index contributed by atoms with van der Waals surface area (Å²) in [6, 6.07) is 7.57. The summed E-state index contributed by atoms with van der Waals surface area (Å²) in [5, 5.41) is 2.92. The Bertz CT molecular complexity index is 540. The Hall–Kier alpha value is -1.84. The van der Waals surface area contributed by atoms with Crippen molar-refractivity contribution in [2.75, 3.05) is 13.1 Å². The monoisotopic (exact) mass is 302 g/mol. The molecule has 1 heterocycles. The SMILES string of the molecule is CC(C)(C)C(=O)NCc1cccc(C(=O)N2CCCCC2)c1. The number of likely N-dealkylation sites (tertiary alicyclic amines) is 1. The number of benzene rings is 1. The van der Waals surface area contributed by atoms with Crippen molar-refractivity contribution in [2.24, 2.45) is 5.41 Å². The van der Waals surface area contributed by atoms with Crippen molar-refractivity contribution in [3.05, 3.63) is 35.4 Å². The zero-order valence-electron chi connectivity index (χ0n) is 13.8. The minimum atomic E-state index is -0.402. The Morgan fingerprint density at radius 2 is 1.82 bits per heavy atom. The Morgan fingerprint density at radius 3 is 2.45 bits per heavy atom. The number of hydrogen-bond acceptors (Lipinski definition) is 2.